The maximum atomic E-state index is 12.5. The fraction of sp³-hybridized carbons (Fsp3) is 0.273. The molecule has 0 bridgehead atoms. The van der Waals surface area contributed by atoms with Crippen LogP contribution in [0.25, 0.3) is 22.0 Å². The Kier molecular flexibility index (Phi) is 4.67. The summed E-state index contributed by atoms with van der Waals surface area (Å²) in [4.78, 5) is 22.1. The Hall–Kier alpha value is -3.08. The van der Waals surface area contributed by atoms with Crippen molar-refractivity contribution in [2.45, 2.75) is 33.2 Å². The minimum absolute atomic E-state index is 0.281. The number of nitrogens with one attached hydrogen (secondary N) is 1. The van der Waals surface area contributed by atoms with Crippen molar-refractivity contribution in [3.05, 3.63) is 65.8 Å². The van der Waals surface area contributed by atoms with Crippen LogP contribution in [0.4, 0.5) is 4.79 Å². The highest BCUT2D eigenvalue weighted by atomic mass is 16.6. The van der Waals surface area contributed by atoms with Crippen LogP contribution in [0, 0.1) is 0 Å². The Morgan fingerprint density at radius 3 is 2.96 bits per heavy atom. The third-order valence-electron chi connectivity index (χ3n) is 5.11. The van der Waals surface area contributed by atoms with Crippen LogP contribution in [0.2, 0.25) is 0 Å². The van der Waals surface area contributed by atoms with E-state index in [1.807, 2.05) is 19.2 Å². The topological polar surface area (TPSA) is 58.2 Å². The normalized spacial score (nSPS) is 14.7. The molecule has 5 heteroatoms. The number of aryl methyl sites for hydroxylation is 1. The third-order valence-corrected chi connectivity index (χ3v) is 5.11. The average molecular weight is 361 g/mol. The average Bonchev–Trinajstić information content (AvgIpc) is 2.89. The molecule has 0 atom stereocenters. The number of benzene rings is 1. The molecule has 0 unspecified atom stereocenters. The Morgan fingerprint density at radius 1 is 1.30 bits per heavy atom. The fourth-order valence-electron chi connectivity index (χ4n) is 3.54. The number of amides is 1. The lowest BCUT2D eigenvalue weighted by atomic mass is 10.0. The molecule has 0 spiro atoms. The van der Waals surface area contributed by atoms with Gasteiger partial charge in [-0.25, -0.2) is 4.79 Å². The van der Waals surface area contributed by atoms with E-state index in [-0.39, 0.29) is 6.09 Å². The van der Waals surface area contributed by atoms with Crippen molar-refractivity contribution in [1.82, 2.24) is 14.9 Å². The quantitative estimate of drug-likeness (QED) is 0.651. The van der Waals surface area contributed by atoms with Gasteiger partial charge in [0, 0.05) is 46.7 Å². The van der Waals surface area contributed by atoms with Gasteiger partial charge in [-0.05, 0) is 56.5 Å². The Labute approximate surface area is 158 Å². The molecule has 3 heterocycles. The number of allylic oxidation sites excluding steroid dienone is 2. The molecule has 1 N–H and O–H groups in total. The monoisotopic (exact) mass is 361 g/mol. The van der Waals surface area contributed by atoms with E-state index in [9.17, 15) is 4.79 Å². The number of H-pyrrole nitrogens is 1. The summed E-state index contributed by atoms with van der Waals surface area (Å²) in [7, 11) is 0. The number of hydrogen-bond acceptors (Lipinski definition) is 3. The van der Waals surface area contributed by atoms with Crippen LogP contribution in [0.5, 0.6) is 0 Å². The molecule has 0 saturated heterocycles. The largest absolute Gasteiger partial charge is 0.415 e. The zero-order valence-corrected chi connectivity index (χ0v) is 15.7. The van der Waals surface area contributed by atoms with Crippen molar-refractivity contribution in [2.24, 2.45) is 0 Å². The molecular weight excluding hydrogens is 338 g/mol. The smallest absolute Gasteiger partial charge is 0.415 e. The Balaban J connectivity index is 1.70. The van der Waals surface area contributed by atoms with Gasteiger partial charge >= 0.3 is 6.09 Å². The fourth-order valence-corrected chi connectivity index (χ4v) is 3.54. The van der Waals surface area contributed by atoms with Crippen molar-refractivity contribution in [2.75, 3.05) is 6.54 Å². The van der Waals surface area contributed by atoms with Gasteiger partial charge < -0.3 is 14.6 Å². The van der Waals surface area contributed by atoms with Crippen LogP contribution in [0.1, 0.15) is 31.5 Å². The first-order valence-electron chi connectivity index (χ1n) is 9.29. The first kappa shape index (κ1) is 17.3. The standard InChI is InChI=1S/C22H23N3O2/c1-3-15(2)27-22(26)25-11-5-7-20-19(14-25)18-12-16(8-9-21(18)24-20)17-6-4-10-23-13-17/h3-4,6,8-10,12-13,24H,5,7,11,14H2,1-2H3/b15-3+. The number of aromatic amines is 1. The number of pyridine rings is 1. The number of hydrogen-bond donors (Lipinski definition) is 1. The molecule has 3 aromatic rings. The number of rotatable bonds is 2. The molecule has 5 nitrogen and oxygen atoms in total. The van der Waals surface area contributed by atoms with Crippen LogP contribution in [-0.2, 0) is 17.7 Å². The van der Waals surface area contributed by atoms with Crippen molar-refractivity contribution in [3.8, 4) is 11.1 Å². The molecule has 4 rings (SSSR count). The van der Waals surface area contributed by atoms with Gasteiger partial charge in [-0.15, -0.1) is 0 Å². The van der Waals surface area contributed by atoms with Crippen LogP contribution >= 0.6 is 0 Å². The summed E-state index contributed by atoms with van der Waals surface area (Å²) in [6, 6.07) is 10.4. The van der Waals surface area contributed by atoms with Gasteiger partial charge in [0.2, 0.25) is 0 Å². The lowest BCUT2D eigenvalue weighted by Gasteiger charge is -2.20. The van der Waals surface area contributed by atoms with Gasteiger partial charge in [0.05, 0.1) is 6.54 Å². The van der Waals surface area contributed by atoms with Gasteiger partial charge in [0.1, 0.15) is 5.76 Å². The van der Waals surface area contributed by atoms with Crippen molar-refractivity contribution in [3.63, 3.8) is 0 Å². The van der Waals surface area contributed by atoms with Crippen LogP contribution in [0.15, 0.2) is 54.6 Å². The van der Waals surface area contributed by atoms with Crippen molar-refractivity contribution in [1.29, 1.82) is 0 Å². The molecule has 1 aliphatic heterocycles. The second kappa shape index (κ2) is 7.27. The van der Waals surface area contributed by atoms with E-state index >= 15 is 0 Å². The molecule has 138 valence electrons. The summed E-state index contributed by atoms with van der Waals surface area (Å²) in [6.45, 7) is 4.92. The molecule has 1 aliphatic rings. The molecule has 2 aromatic heterocycles. The Bertz CT molecular complexity index is 1010. The highest BCUT2D eigenvalue weighted by molar-refractivity contribution is 5.89. The van der Waals surface area contributed by atoms with E-state index < -0.39 is 0 Å². The number of carbonyl (C=O) groups is 1. The number of aromatic nitrogens is 2. The van der Waals surface area contributed by atoms with Gasteiger partial charge in [0.25, 0.3) is 0 Å². The van der Waals surface area contributed by atoms with E-state index in [0.717, 1.165) is 34.9 Å². The minimum Gasteiger partial charge on any atom is -0.415 e. The summed E-state index contributed by atoms with van der Waals surface area (Å²) in [6.07, 6.45) is 7.01. The van der Waals surface area contributed by atoms with Crippen LogP contribution in [-0.4, -0.2) is 27.5 Å². The molecule has 0 fully saturated rings. The highest BCUT2D eigenvalue weighted by Gasteiger charge is 2.23. The number of carbonyl (C=O) groups excluding carboxylic acids is 1. The molecule has 1 aromatic carbocycles. The molecular formula is C22H23N3O2. The number of ether oxygens (including phenoxy) is 1. The van der Waals surface area contributed by atoms with E-state index in [1.165, 1.54) is 11.3 Å². The predicted octanol–water partition coefficient (Wildman–Crippen LogP) is 5.04. The summed E-state index contributed by atoms with van der Waals surface area (Å²) in [5, 5.41) is 1.16. The van der Waals surface area contributed by atoms with Gasteiger partial charge in [-0.2, -0.15) is 0 Å². The molecule has 0 aliphatic carbocycles. The predicted molar refractivity (Wildman–Crippen MR) is 106 cm³/mol. The highest BCUT2D eigenvalue weighted by Crippen LogP contribution is 2.31. The third kappa shape index (κ3) is 3.45. The zero-order valence-electron chi connectivity index (χ0n) is 15.7. The number of nitrogens with zero attached hydrogens (tertiary/aromatic N) is 2. The van der Waals surface area contributed by atoms with Crippen molar-refractivity contribution >= 4 is 17.0 Å². The first-order valence-corrected chi connectivity index (χ1v) is 9.29. The van der Waals surface area contributed by atoms with Gasteiger partial charge in [0.15, 0.2) is 0 Å². The summed E-state index contributed by atoms with van der Waals surface area (Å²) < 4.78 is 5.42. The second-order valence-electron chi connectivity index (χ2n) is 6.88. The van der Waals surface area contributed by atoms with E-state index in [4.69, 9.17) is 4.74 Å². The molecule has 0 radical (unpaired) electrons. The summed E-state index contributed by atoms with van der Waals surface area (Å²) >= 11 is 0. The lowest BCUT2D eigenvalue weighted by molar-refractivity contribution is 0.126. The first-order chi connectivity index (χ1) is 13.2. The summed E-state index contributed by atoms with van der Waals surface area (Å²) in [5.41, 5.74) is 5.71. The van der Waals surface area contributed by atoms with E-state index in [0.29, 0.717) is 18.8 Å². The van der Waals surface area contributed by atoms with E-state index in [2.05, 4.69) is 34.2 Å². The zero-order chi connectivity index (χ0) is 18.8. The SMILES string of the molecule is C/C=C(\C)OC(=O)N1CCCc2[nH]c3ccc(-c4cccnc4)cc3c2C1. The lowest BCUT2D eigenvalue weighted by Crippen LogP contribution is -2.30. The number of fused-ring (bicyclic) bond motifs is 3. The molecule has 27 heavy (non-hydrogen) atoms. The summed E-state index contributed by atoms with van der Waals surface area (Å²) in [5.74, 6) is 0.627. The Morgan fingerprint density at radius 2 is 2.19 bits per heavy atom. The second-order valence-corrected chi connectivity index (χ2v) is 6.88. The van der Waals surface area contributed by atoms with Gasteiger partial charge in [-0.3, -0.25) is 4.98 Å². The van der Waals surface area contributed by atoms with Crippen molar-refractivity contribution < 1.29 is 9.53 Å². The molecule has 0 saturated carbocycles. The molecule has 1 amide bonds. The van der Waals surface area contributed by atoms with E-state index in [1.54, 1.807) is 24.1 Å². The van der Waals surface area contributed by atoms with Gasteiger partial charge in [-0.1, -0.05) is 12.1 Å². The maximum absolute atomic E-state index is 12.5. The maximum Gasteiger partial charge on any atom is 0.415 e. The minimum atomic E-state index is -0.281. The van der Waals surface area contributed by atoms with Crippen LogP contribution in [0.3, 0.4) is 0 Å². The van der Waals surface area contributed by atoms with Crippen LogP contribution < -0.4 is 0 Å².